The minimum absolute atomic E-state index is 0.746. The van der Waals surface area contributed by atoms with Crippen molar-refractivity contribution in [3.63, 3.8) is 0 Å². The number of likely N-dealkylation sites (N-methyl/N-ethyl adjacent to an activating group) is 1. The van der Waals surface area contributed by atoms with Crippen molar-refractivity contribution in [3.05, 3.63) is 29.3 Å². The van der Waals surface area contributed by atoms with Crippen LogP contribution in [0.3, 0.4) is 0 Å². The summed E-state index contributed by atoms with van der Waals surface area (Å²) in [5, 5.41) is 10.0. The molecular weight excluding hydrogens is 174 g/mol. The summed E-state index contributed by atoms with van der Waals surface area (Å²) in [5.41, 5.74) is 2.87. The number of nitrogens with zero attached hydrogens (tertiary/aromatic N) is 1. The molecule has 1 aliphatic heterocycles. The van der Waals surface area contributed by atoms with E-state index in [9.17, 15) is 5.11 Å². The van der Waals surface area contributed by atoms with Crippen molar-refractivity contribution >= 4 is 5.69 Å². The quantitative estimate of drug-likeness (QED) is 0.733. The molecule has 0 amide bonds. The number of fused-ring (bicyclic) bond motifs is 1. The fraction of sp³-hybridized carbons (Fsp3) is 0.500. The van der Waals surface area contributed by atoms with Gasteiger partial charge in [-0.05, 0) is 25.8 Å². The van der Waals surface area contributed by atoms with Gasteiger partial charge in [-0.2, -0.15) is 0 Å². The highest BCUT2D eigenvalue weighted by Gasteiger charge is 2.26. The number of para-hydroxylation sites is 1. The summed E-state index contributed by atoms with van der Waals surface area (Å²) in [6.45, 7) is 4.74. The molecule has 1 aliphatic rings. The van der Waals surface area contributed by atoms with Gasteiger partial charge >= 0.3 is 0 Å². The zero-order valence-corrected chi connectivity index (χ0v) is 9.04. The van der Waals surface area contributed by atoms with E-state index in [-0.39, 0.29) is 0 Å². The van der Waals surface area contributed by atoms with Gasteiger partial charge in [-0.1, -0.05) is 18.2 Å². The number of hydrogen-bond acceptors (Lipinski definition) is 2. The molecule has 0 aliphatic carbocycles. The Morgan fingerprint density at radius 1 is 1.36 bits per heavy atom. The van der Waals surface area contributed by atoms with E-state index >= 15 is 0 Å². The fourth-order valence-electron chi connectivity index (χ4n) is 2.14. The van der Waals surface area contributed by atoms with Crippen molar-refractivity contribution in [2.45, 2.75) is 25.9 Å². The molecule has 1 aromatic rings. The molecule has 14 heavy (non-hydrogen) atoms. The summed E-state index contributed by atoms with van der Waals surface area (Å²) in [6, 6.07) is 6.19. The van der Waals surface area contributed by atoms with E-state index in [1.54, 1.807) is 0 Å². The van der Waals surface area contributed by atoms with Gasteiger partial charge in [-0.3, -0.25) is 0 Å². The lowest BCUT2D eigenvalue weighted by Gasteiger charge is -2.25. The van der Waals surface area contributed by atoms with Crippen LogP contribution in [-0.2, 0) is 12.0 Å². The largest absolute Gasteiger partial charge is 0.386 e. The van der Waals surface area contributed by atoms with Crippen LogP contribution < -0.4 is 4.90 Å². The van der Waals surface area contributed by atoms with Gasteiger partial charge < -0.3 is 10.0 Å². The Morgan fingerprint density at radius 2 is 2.07 bits per heavy atom. The molecule has 2 rings (SSSR count). The van der Waals surface area contributed by atoms with Crippen LogP contribution >= 0.6 is 0 Å². The van der Waals surface area contributed by atoms with E-state index in [1.807, 2.05) is 26.0 Å². The number of rotatable bonds is 1. The van der Waals surface area contributed by atoms with E-state index < -0.39 is 5.60 Å². The van der Waals surface area contributed by atoms with Gasteiger partial charge in [0, 0.05) is 24.8 Å². The van der Waals surface area contributed by atoms with Crippen LogP contribution in [0.2, 0.25) is 0 Å². The first kappa shape index (κ1) is 9.53. The Labute approximate surface area is 85.2 Å². The molecule has 0 radical (unpaired) electrons. The normalized spacial score (nSPS) is 15.9. The van der Waals surface area contributed by atoms with Crippen LogP contribution in [0, 0.1) is 0 Å². The first-order valence-electron chi connectivity index (χ1n) is 5.06. The Balaban J connectivity index is 2.58. The van der Waals surface area contributed by atoms with Gasteiger partial charge in [0.2, 0.25) is 0 Å². The Kier molecular flexibility index (Phi) is 2.04. The summed E-state index contributed by atoms with van der Waals surface area (Å²) in [7, 11) is 2.08. The zero-order chi connectivity index (χ0) is 10.3. The molecule has 0 unspecified atom stereocenters. The number of aliphatic hydroxyl groups is 1. The van der Waals surface area contributed by atoms with Crippen molar-refractivity contribution in [1.82, 2.24) is 0 Å². The molecule has 0 aromatic heterocycles. The third kappa shape index (κ3) is 1.40. The summed E-state index contributed by atoms with van der Waals surface area (Å²) >= 11 is 0. The average Bonchev–Trinajstić information content (AvgIpc) is 2.46. The maximum atomic E-state index is 10.0. The van der Waals surface area contributed by atoms with Crippen LogP contribution in [0.4, 0.5) is 5.69 Å². The lowest BCUT2D eigenvalue weighted by Crippen LogP contribution is -2.21. The Morgan fingerprint density at radius 3 is 2.71 bits per heavy atom. The van der Waals surface area contributed by atoms with Crippen LogP contribution in [0.1, 0.15) is 25.0 Å². The van der Waals surface area contributed by atoms with E-state index in [4.69, 9.17) is 0 Å². The summed E-state index contributed by atoms with van der Waals surface area (Å²) in [6.07, 6.45) is 1.09. The molecule has 0 spiro atoms. The topological polar surface area (TPSA) is 23.5 Å². The van der Waals surface area contributed by atoms with Gasteiger partial charge in [-0.15, -0.1) is 0 Å². The van der Waals surface area contributed by atoms with Crippen molar-refractivity contribution < 1.29 is 5.11 Å². The highest BCUT2D eigenvalue weighted by Crippen LogP contribution is 2.36. The zero-order valence-electron chi connectivity index (χ0n) is 9.04. The molecule has 0 saturated heterocycles. The van der Waals surface area contributed by atoms with Crippen molar-refractivity contribution in [1.29, 1.82) is 0 Å². The Hall–Kier alpha value is -1.02. The standard InChI is InChI=1S/C12H17NO/c1-12(2,14)10-6-4-5-9-7-8-13(3)11(9)10/h4-6,14H,7-8H2,1-3H3. The minimum atomic E-state index is -0.746. The number of anilines is 1. The number of benzene rings is 1. The second-order valence-corrected chi connectivity index (χ2v) is 4.54. The third-order valence-corrected chi connectivity index (χ3v) is 2.88. The van der Waals surface area contributed by atoms with Crippen molar-refractivity contribution in [3.8, 4) is 0 Å². The van der Waals surface area contributed by atoms with E-state index in [2.05, 4.69) is 18.0 Å². The van der Waals surface area contributed by atoms with Crippen molar-refractivity contribution in [2.24, 2.45) is 0 Å². The predicted molar refractivity (Wildman–Crippen MR) is 58.7 cm³/mol. The average molecular weight is 191 g/mol. The molecule has 0 atom stereocenters. The molecule has 1 heterocycles. The first-order valence-corrected chi connectivity index (χ1v) is 5.06. The summed E-state index contributed by atoms with van der Waals surface area (Å²) in [4.78, 5) is 2.22. The second-order valence-electron chi connectivity index (χ2n) is 4.54. The number of hydrogen-bond donors (Lipinski definition) is 1. The van der Waals surface area contributed by atoms with E-state index in [1.165, 1.54) is 11.3 Å². The minimum Gasteiger partial charge on any atom is -0.386 e. The maximum absolute atomic E-state index is 10.0. The SMILES string of the molecule is CN1CCc2cccc(C(C)(C)O)c21. The molecule has 0 fully saturated rings. The van der Waals surface area contributed by atoms with Gasteiger partial charge in [0.1, 0.15) is 0 Å². The molecule has 0 bridgehead atoms. The van der Waals surface area contributed by atoms with Gasteiger partial charge in [0.15, 0.2) is 0 Å². The second kappa shape index (κ2) is 2.99. The van der Waals surface area contributed by atoms with Crippen LogP contribution in [-0.4, -0.2) is 18.7 Å². The van der Waals surface area contributed by atoms with Crippen molar-refractivity contribution in [2.75, 3.05) is 18.5 Å². The molecule has 1 aromatic carbocycles. The first-order chi connectivity index (χ1) is 6.50. The summed E-state index contributed by atoms with van der Waals surface area (Å²) in [5.74, 6) is 0. The smallest absolute Gasteiger partial charge is 0.0860 e. The predicted octanol–water partition coefficient (Wildman–Crippen LogP) is 1.91. The maximum Gasteiger partial charge on any atom is 0.0860 e. The molecule has 2 nitrogen and oxygen atoms in total. The van der Waals surface area contributed by atoms with E-state index in [0.29, 0.717) is 0 Å². The monoisotopic (exact) mass is 191 g/mol. The molecule has 0 saturated carbocycles. The lowest BCUT2D eigenvalue weighted by molar-refractivity contribution is 0.0791. The molecular formula is C12H17NO. The van der Waals surface area contributed by atoms with Gasteiger partial charge in [0.05, 0.1) is 5.60 Å². The van der Waals surface area contributed by atoms with Gasteiger partial charge in [-0.25, -0.2) is 0 Å². The van der Waals surface area contributed by atoms with Crippen LogP contribution in [0.15, 0.2) is 18.2 Å². The van der Waals surface area contributed by atoms with Crippen LogP contribution in [0.25, 0.3) is 0 Å². The van der Waals surface area contributed by atoms with E-state index in [0.717, 1.165) is 18.5 Å². The molecule has 76 valence electrons. The van der Waals surface area contributed by atoms with Crippen LogP contribution in [0.5, 0.6) is 0 Å². The fourth-order valence-corrected chi connectivity index (χ4v) is 2.14. The third-order valence-electron chi connectivity index (χ3n) is 2.88. The molecule has 1 N–H and O–H groups in total. The highest BCUT2D eigenvalue weighted by molar-refractivity contribution is 5.64. The van der Waals surface area contributed by atoms with Gasteiger partial charge in [0.25, 0.3) is 0 Å². The molecule has 2 heteroatoms. The highest BCUT2D eigenvalue weighted by atomic mass is 16.3. The lowest BCUT2D eigenvalue weighted by atomic mass is 9.94. The summed E-state index contributed by atoms with van der Waals surface area (Å²) < 4.78 is 0. The Bertz CT molecular complexity index is 352.